The predicted molar refractivity (Wildman–Crippen MR) is 93.4 cm³/mol. The van der Waals surface area contributed by atoms with E-state index < -0.39 is 0 Å². The highest BCUT2D eigenvalue weighted by Gasteiger charge is 2.22. The Bertz CT molecular complexity index is 533. The van der Waals surface area contributed by atoms with Gasteiger partial charge in [0.2, 0.25) is 11.8 Å². The molecular formula is C17H25ClFN3O2. The van der Waals surface area contributed by atoms with Crippen molar-refractivity contribution < 1.29 is 14.0 Å². The maximum absolute atomic E-state index is 12.8. The normalized spacial score (nSPS) is 16.3. The molecule has 1 unspecified atom stereocenters. The highest BCUT2D eigenvalue weighted by Crippen LogP contribution is 2.10. The third-order valence-corrected chi connectivity index (χ3v) is 4.06. The summed E-state index contributed by atoms with van der Waals surface area (Å²) in [6.45, 7) is 3.73. The molecule has 0 aliphatic carbocycles. The van der Waals surface area contributed by atoms with Gasteiger partial charge < -0.3 is 15.5 Å². The number of amides is 2. The van der Waals surface area contributed by atoms with Crippen molar-refractivity contribution in [3.8, 4) is 0 Å². The van der Waals surface area contributed by atoms with Crippen molar-refractivity contribution in [1.29, 1.82) is 0 Å². The number of likely N-dealkylation sites (N-methyl/N-ethyl adjacent to an activating group) is 1. The Labute approximate surface area is 148 Å². The van der Waals surface area contributed by atoms with E-state index in [2.05, 4.69) is 10.6 Å². The standard InChI is InChI=1S/C17H24FN3O2.ClH/c1-2-21(17(23)10-15-4-3-9-19-15)12-16(22)20-11-13-5-7-14(18)8-6-13;/h5-8,15,19H,2-4,9-12H2,1H3,(H,20,22);1H. The molecule has 0 saturated carbocycles. The summed E-state index contributed by atoms with van der Waals surface area (Å²) in [5.41, 5.74) is 0.823. The van der Waals surface area contributed by atoms with E-state index in [1.54, 1.807) is 17.0 Å². The molecule has 7 heteroatoms. The molecule has 1 fully saturated rings. The molecule has 134 valence electrons. The molecule has 1 saturated heterocycles. The fourth-order valence-electron chi connectivity index (χ4n) is 2.68. The van der Waals surface area contributed by atoms with E-state index in [1.165, 1.54) is 12.1 Å². The molecule has 1 aromatic carbocycles. The smallest absolute Gasteiger partial charge is 0.239 e. The lowest BCUT2D eigenvalue weighted by molar-refractivity contribution is -0.136. The number of carbonyl (C=O) groups excluding carboxylic acids is 2. The zero-order chi connectivity index (χ0) is 16.7. The number of nitrogens with zero attached hydrogens (tertiary/aromatic N) is 1. The number of nitrogens with one attached hydrogen (secondary N) is 2. The molecule has 0 bridgehead atoms. The Kier molecular flexibility index (Phi) is 8.71. The van der Waals surface area contributed by atoms with Crippen LogP contribution in [0.25, 0.3) is 0 Å². The van der Waals surface area contributed by atoms with Crippen LogP contribution >= 0.6 is 12.4 Å². The molecule has 2 amide bonds. The zero-order valence-corrected chi connectivity index (χ0v) is 14.7. The molecule has 2 rings (SSSR count). The molecule has 0 aromatic heterocycles. The van der Waals surface area contributed by atoms with Crippen LogP contribution in [0.4, 0.5) is 4.39 Å². The van der Waals surface area contributed by atoms with Crippen molar-refractivity contribution in [3.05, 3.63) is 35.6 Å². The van der Waals surface area contributed by atoms with Crippen molar-refractivity contribution in [2.24, 2.45) is 0 Å². The molecule has 1 aliphatic heterocycles. The molecule has 0 spiro atoms. The van der Waals surface area contributed by atoms with Crippen LogP contribution in [0.1, 0.15) is 31.7 Å². The fraction of sp³-hybridized carbons (Fsp3) is 0.529. The molecule has 1 atom stereocenters. The van der Waals surface area contributed by atoms with Crippen LogP contribution in [0, 0.1) is 5.82 Å². The Morgan fingerprint density at radius 2 is 2.04 bits per heavy atom. The number of hydrogen-bond acceptors (Lipinski definition) is 3. The maximum Gasteiger partial charge on any atom is 0.239 e. The summed E-state index contributed by atoms with van der Waals surface area (Å²) in [5, 5.41) is 6.05. The number of benzene rings is 1. The van der Waals surface area contributed by atoms with Crippen LogP contribution in [-0.4, -0.2) is 42.4 Å². The Hall–Kier alpha value is -1.66. The van der Waals surface area contributed by atoms with Gasteiger partial charge in [-0.15, -0.1) is 12.4 Å². The van der Waals surface area contributed by atoms with Gasteiger partial charge in [0.25, 0.3) is 0 Å². The Balaban J connectivity index is 0.00000288. The summed E-state index contributed by atoms with van der Waals surface area (Å²) in [4.78, 5) is 25.8. The minimum atomic E-state index is -0.302. The number of hydrogen-bond donors (Lipinski definition) is 2. The van der Waals surface area contributed by atoms with E-state index in [0.29, 0.717) is 19.5 Å². The van der Waals surface area contributed by atoms with E-state index in [-0.39, 0.29) is 42.6 Å². The van der Waals surface area contributed by atoms with Gasteiger partial charge in [0.1, 0.15) is 5.82 Å². The summed E-state index contributed by atoms with van der Waals surface area (Å²) in [6, 6.07) is 6.21. The SMILES string of the molecule is CCN(CC(=O)NCc1ccc(F)cc1)C(=O)CC1CCCN1.Cl. The first-order valence-electron chi connectivity index (χ1n) is 8.10. The summed E-state index contributed by atoms with van der Waals surface area (Å²) >= 11 is 0. The van der Waals surface area contributed by atoms with E-state index in [4.69, 9.17) is 0 Å². The second-order valence-electron chi connectivity index (χ2n) is 5.81. The average Bonchev–Trinajstić information content (AvgIpc) is 3.05. The van der Waals surface area contributed by atoms with Gasteiger partial charge in [0.05, 0.1) is 6.54 Å². The topological polar surface area (TPSA) is 61.4 Å². The average molecular weight is 358 g/mol. The minimum absolute atomic E-state index is 0. The number of carbonyl (C=O) groups is 2. The van der Waals surface area contributed by atoms with Gasteiger partial charge in [-0.25, -0.2) is 4.39 Å². The fourth-order valence-corrected chi connectivity index (χ4v) is 2.68. The lowest BCUT2D eigenvalue weighted by Gasteiger charge is -2.22. The molecule has 2 N–H and O–H groups in total. The van der Waals surface area contributed by atoms with Crippen LogP contribution < -0.4 is 10.6 Å². The summed E-state index contributed by atoms with van der Waals surface area (Å²) in [5.74, 6) is -0.504. The van der Waals surface area contributed by atoms with Crippen LogP contribution in [0.15, 0.2) is 24.3 Å². The second kappa shape index (κ2) is 10.3. The van der Waals surface area contributed by atoms with Gasteiger partial charge in [0, 0.05) is 25.6 Å². The van der Waals surface area contributed by atoms with Gasteiger partial charge in [-0.2, -0.15) is 0 Å². The van der Waals surface area contributed by atoms with Gasteiger partial charge in [-0.05, 0) is 44.0 Å². The first kappa shape index (κ1) is 20.4. The largest absolute Gasteiger partial charge is 0.350 e. The summed E-state index contributed by atoms with van der Waals surface area (Å²) in [7, 11) is 0. The number of rotatable bonds is 7. The molecule has 1 aromatic rings. The van der Waals surface area contributed by atoms with Crippen molar-refractivity contribution in [2.75, 3.05) is 19.6 Å². The summed E-state index contributed by atoms with van der Waals surface area (Å²) < 4.78 is 12.8. The molecule has 1 heterocycles. The number of halogens is 2. The van der Waals surface area contributed by atoms with E-state index in [9.17, 15) is 14.0 Å². The van der Waals surface area contributed by atoms with Crippen LogP contribution in [0.2, 0.25) is 0 Å². The molecular weight excluding hydrogens is 333 g/mol. The lowest BCUT2D eigenvalue weighted by Crippen LogP contribution is -2.42. The van der Waals surface area contributed by atoms with E-state index in [0.717, 1.165) is 24.9 Å². The Morgan fingerprint density at radius 3 is 2.62 bits per heavy atom. The van der Waals surface area contributed by atoms with Crippen molar-refractivity contribution >= 4 is 24.2 Å². The first-order chi connectivity index (χ1) is 11.1. The molecule has 0 radical (unpaired) electrons. The van der Waals surface area contributed by atoms with Crippen molar-refractivity contribution in [1.82, 2.24) is 15.5 Å². The third-order valence-electron chi connectivity index (χ3n) is 4.06. The Morgan fingerprint density at radius 1 is 1.33 bits per heavy atom. The first-order valence-corrected chi connectivity index (χ1v) is 8.10. The summed E-state index contributed by atoms with van der Waals surface area (Å²) in [6.07, 6.45) is 2.56. The van der Waals surface area contributed by atoms with E-state index in [1.807, 2.05) is 6.92 Å². The van der Waals surface area contributed by atoms with Crippen molar-refractivity contribution in [3.63, 3.8) is 0 Å². The van der Waals surface area contributed by atoms with Gasteiger partial charge >= 0.3 is 0 Å². The van der Waals surface area contributed by atoms with E-state index >= 15 is 0 Å². The van der Waals surface area contributed by atoms with Crippen LogP contribution in [0.5, 0.6) is 0 Å². The highest BCUT2D eigenvalue weighted by molar-refractivity contribution is 5.85. The zero-order valence-electron chi connectivity index (χ0n) is 13.9. The third kappa shape index (κ3) is 6.45. The molecule has 24 heavy (non-hydrogen) atoms. The molecule has 5 nitrogen and oxygen atoms in total. The van der Waals surface area contributed by atoms with Gasteiger partial charge in [-0.3, -0.25) is 9.59 Å². The van der Waals surface area contributed by atoms with Crippen LogP contribution in [-0.2, 0) is 16.1 Å². The minimum Gasteiger partial charge on any atom is -0.350 e. The highest BCUT2D eigenvalue weighted by atomic mass is 35.5. The monoisotopic (exact) mass is 357 g/mol. The van der Waals surface area contributed by atoms with Crippen LogP contribution in [0.3, 0.4) is 0 Å². The van der Waals surface area contributed by atoms with Gasteiger partial charge in [0.15, 0.2) is 0 Å². The lowest BCUT2D eigenvalue weighted by atomic mass is 10.1. The molecule has 1 aliphatic rings. The van der Waals surface area contributed by atoms with Crippen molar-refractivity contribution in [2.45, 2.75) is 38.8 Å². The quantitative estimate of drug-likeness (QED) is 0.783. The predicted octanol–water partition coefficient (Wildman–Crippen LogP) is 1.85. The second-order valence-corrected chi connectivity index (χ2v) is 5.81. The maximum atomic E-state index is 12.8. The van der Waals surface area contributed by atoms with Gasteiger partial charge in [-0.1, -0.05) is 12.1 Å².